The summed E-state index contributed by atoms with van der Waals surface area (Å²) in [5.41, 5.74) is 0.781. The van der Waals surface area contributed by atoms with Gasteiger partial charge in [-0.3, -0.25) is 9.69 Å². The van der Waals surface area contributed by atoms with Gasteiger partial charge in [-0.25, -0.2) is 4.79 Å². The van der Waals surface area contributed by atoms with E-state index < -0.39 is 0 Å². The van der Waals surface area contributed by atoms with Gasteiger partial charge in [-0.1, -0.05) is 31.0 Å². The van der Waals surface area contributed by atoms with Crippen molar-refractivity contribution in [2.45, 2.75) is 44.6 Å². The molecule has 1 aromatic rings. The molecule has 1 aliphatic carbocycles. The van der Waals surface area contributed by atoms with Gasteiger partial charge < -0.3 is 15.5 Å². The smallest absolute Gasteiger partial charge is 0.317 e. The largest absolute Gasteiger partial charge is 0.337 e. The van der Waals surface area contributed by atoms with E-state index in [-0.39, 0.29) is 18.4 Å². The molecule has 1 saturated heterocycles. The SMILES string of the molecule is O=C(CCNC(=O)N1CCCN(C2CCCC2)CC1)Nc1ccccc1. The maximum absolute atomic E-state index is 12.4. The molecule has 1 aromatic carbocycles. The molecular weight excluding hydrogens is 328 g/mol. The molecule has 26 heavy (non-hydrogen) atoms. The van der Waals surface area contributed by atoms with Gasteiger partial charge in [-0.15, -0.1) is 0 Å². The summed E-state index contributed by atoms with van der Waals surface area (Å²) < 4.78 is 0. The zero-order valence-corrected chi connectivity index (χ0v) is 15.5. The van der Waals surface area contributed by atoms with Crippen molar-refractivity contribution in [1.29, 1.82) is 0 Å². The van der Waals surface area contributed by atoms with E-state index in [2.05, 4.69) is 15.5 Å². The van der Waals surface area contributed by atoms with Crippen LogP contribution in [0.5, 0.6) is 0 Å². The molecule has 3 rings (SSSR count). The molecule has 3 amide bonds. The first-order valence-electron chi connectivity index (χ1n) is 9.84. The van der Waals surface area contributed by atoms with Crippen LogP contribution in [0, 0.1) is 0 Å². The minimum atomic E-state index is -0.0835. The van der Waals surface area contributed by atoms with Crippen molar-refractivity contribution in [3.05, 3.63) is 30.3 Å². The maximum Gasteiger partial charge on any atom is 0.317 e. The Balaban J connectivity index is 1.36. The molecule has 0 aromatic heterocycles. The van der Waals surface area contributed by atoms with Crippen LogP contribution in [-0.2, 0) is 4.79 Å². The Hall–Kier alpha value is -2.08. The highest BCUT2D eigenvalue weighted by molar-refractivity contribution is 5.91. The summed E-state index contributed by atoms with van der Waals surface area (Å²) in [6, 6.07) is 10.0. The second-order valence-electron chi connectivity index (χ2n) is 7.21. The normalized spacial score (nSPS) is 19.2. The summed E-state index contributed by atoms with van der Waals surface area (Å²) in [4.78, 5) is 28.8. The Labute approximate surface area is 155 Å². The summed E-state index contributed by atoms with van der Waals surface area (Å²) in [7, 11) is 0. The van der Waals surface area contributed by atoms with Crippen LogP contribution in [0.1, 0.15) is 38.5 Å². The highest BCUT2D eigenvalue weighted by atomic mass is 16.2. The van der Waals surface area contributed by atoms with Crippen LogP contribution in [0.25, 0.3) is 0 Å². The summed E-state index contributed by atoms with van der Waals surface area (Å²) >= 11 is 0. The predicted octanol–water partition coefficient (Wildman–Crippen LogP) is 2.68. The quantitative estimate of drug-likeness (QED) is 0.850. The molecule has 0 spiro atoms. The lowest BCUT2D eigenvalue weighted by atomic mass is 10.2. The standard InChI is InChI=1S/C20H30N4O2/c25-19(22-17-7-2-1-3-8-17)11-12-21-20(26)24-14-6-13-23(15-16-24)18-9-4-5-10-18/h1-3,7-8,18H,4-6,9-16H2,(H,21,26)(H,22,25). The fourth-order valence-corrected chi connectivity index (χ4v) is 3.91. The summed E-state index contributed by atoms with van der Waals surface area (Å²) in [6.07, 6.45) is 6.61. The van der Waals surface area contributed by atoms with E-state index in [0.29, 0.717) is 6.54 Å². The lowest BCUT2D eigenvalue weighted by Crippen LogP contribution is -2.43. The Morgan fingerprint density at radius 2 is 1.73 bits per heavy atom. The number of rotatable bonds is 5. The number of carbonyl (C=O) groups is 2. The number of benzene rings is 1. The van der Waals surface area contributed by atoms with E-state index >= 15 is 0 Å². The zero-order valence-electron chi connectivity index (χ0n) is 15.5. The number of amides is 3. The molecule has 142 valence electrons. The zero-order chi connectivity index (χ0) is 18.2. The fourth-order valence-electron chi connectivity index (χ4n) is 3.91. The first-order chi connectivity index (χ1) is 12.7. The average Bonchev–Trinajstić information content (AvgIpc) is 3.07. The van der Waals surface area contributed by atoms with Gasteiger partial charge in [-0.05, 0) is 31.4 Å². The van der Waals surface area contributed by atoms with Crippen LogP contribution < -0.4 is 10.6 Å². The number of carbonyl (C=O) groups excluding carboxylic acids is 2. The third kappa shape index (κ3) is 5.46. The molecule has 0 unspecified atom stereocenters. The van der Waals surface area contributed by atoms with Gasteiger partial charge in [0, 0.05) is 50.9 Å². The van der Waals surface area contributed by atoms with Crippen LogP contribution in [0.4, 0.5) is 10.5 Å². The third-order valence-electron chi connectivity index (χ3n) is 5.34. The van der Waals surface area contributed by atoms with Crippen LogP contribution in [0.3, 0.4) is 0 Å². The summed E-state index contributed by atoms with van der Waals surface area (Å²) in [5.74, 6) is -0.0835. The van der Waals surface area contributed by atoms with E-state index in [1.807, 2.05) is 35.2 Å². The lowest BCUT2D eigenvalue weighted by Gasteiger charge is -2.27. The summed E-state index contributed by atoms with van der Waals surface area (Å²) in [6.45, 7) is 3.99. The molecule has 0 atom stereocenters. The van der Waals surface area contributed by atoms with Gasteiger partial charge in [0.25, 0.3) is 0 Å². The number of para-hydroxylation sites is 1. The van der Waals surface area contributed by atoms with E-state index in [4.69, 9.17) is 0 Å². The molecule has 1 heterocycles. The number of hydrogen-bond donors (Lipinski definition) is 2. The summed E-state index contributed by atoms with van der Waals surface area (Å²) in [5, 5.41) is 5.72. The first kappa shape index (κ1) is 18.7. The number of nitrogens with zero attached hydrogens (tertiary/aromatic N) is 2. The molecule has 6 nitrogen and oxygen atoms in total. The molecule has 1 aliphatic heterocycles. The van der Waals surface area contributed by atoms with E-state index in [1.54, 1.807) is 0 Å². The van der Waals surface area contributed by atoms with Crippen molar-refractivity contribution in [2.24, 2.45) is 0 Å². The van der Waals surface area contributed by atoms with Crippen molar-refractivity contribution in [3.8, 4) is 0 Å². The Bertz CT molecular complexity index is 587. The van der Waals surface area contributed by atoms with Gasteiger partial charge in [0.15, 0.2) is 0 Å². The highest BCUT2D eigenvalue weighted by Crippen LogP contribution is 2.24. The monoisotopic (exact) mass is 358 g/mol. The molecule has 0 bridgehead atoms. The first-order valence-corrected chi connectivity index (χ1v) is 9.84. The predicted molar refractivity (Wildman–Crippen MR) is 103 cm³/mol. The van der Waals surface area contributed by atoms with Gasteiger partial charge in [0.1, 0.15) is 0 Å². The molecular formula is C20H30N4O2. The van der Waals surface area contributed by atoms with Crippen molar-refractivity contribution >= 4 is 17.6 Å². The van der Waals surface area contributed by atoms with Gasteiger partial charge in [-0.2, -0.15) is 0 Å². The number of anilines is 1. The maximum atomic E-state index is 12.4. The van der Waals surface area contributed by atoms with Crippen molar-refractivity contribution in [3.63, 3.8) is 0 Å². The second-order valence-corrected chi connectivity index (χ2v) is 7.21. The van der Waals surface area contributed by atoms with E-state index in [1.165, 1.54) is 25.7 Å². The number of nitrogens with one attached hydrogen (secondary N) is 2. The van der Waals surface area contributed by atoms with Crippen molar-refractivity contribution in [1.82, 2.24) is 15.1 Å². The second kappa shape index (κ2) is 9.57. The molecule has 1 saturated carbocycles. The van der Waals surface area contributed by atoms with Crippen molar-refractivity contribution < 1.29 is 9.59 Å². The number of hydrogen-bond acceptors (Lipinski definition) is 3. The Kier molecular flexibility index (Phi) is 6.89. The number of urea groups is 1. The van der Waals surface area contributed by atoms with Crippen LogP contribution in [0.2, 0.25) is 0 Å². The molecule has 2 fully saturated rings. The molecule has 0 radical (unpaired) electrons. The van der Waals surface area contributed by atoms with Crippen molar-refractivity contribution in [2.75, 3.05) is 38.0 Å². The Morgan fingerprint density at radius 3 is 2.50 bits per heavy atom. The lowest BCUT2D eigenvalue weighted by molar-refractivity contribution is -0.116. The topological polar surface area (TPSA) is 64.7 Å². The van der Waals surface area contributed by atoms with Crippen LogP contribution in [-0.4, -0.2) is 60.5 Å². The minimum absolute atomic E-state index is 0.0502. The molecule has 2 N–H and O–H groups in total. The van der Waals surface area contributed by atoms with E-state index in [0.717, 1.165) is 44.3 Å². The fraction of sp³-hybridized carbons (Fsp3) is 0.600. The Morgan fingerprint density at radius 1 is 0.962 bits per heavy atom. The third-order valence-corrected chi connectivity index (χ3v) is 5.34. The van der Waals surface area contributed by atoms with Gasteiger partial charge in [0.05, 0.1) is 0 Å². The van der Waals surface area contributed by atoms with Gasteiger partial charge in [0.2, 0.25) is 5.91 Å². The van der Waals surface area contributed by atoms with Gasteiger partial charge >= 0.3 is 6.03 Å². The average molecular weight is 358 g/mol. The highest BCUT2D eigenvalue weighted by Gasteiger charge is 2.26. The molecule has 6 heteroatoms. The van der Waals surface area contributed by atoms with Crippen LogP contribution >= 0.6 is 0 Å². The molecule has 2 aliphatic rings. The minimum Gasteiger partial charge on any atom is -0.337 e. The van der Waals surface area contributed by atoms with Crippen LogP contribution in [0.15, 0.2) is 30.3 Å². The van der Waals surface area contributed by atoms with E-state index in [9.17, 15) is 9.59 Å².